The van der Waals surface area contributed by atoms with Crippen LogP contribution in [0.3, 0.4) is 0 Å². The Morgan fingerprint density at radius 2 is 2.15 bits per heavy atom. The van der Waals surface area contributed by atoms with E-state index in [1.807, 2.05) is 0 Å². The van der Waals surface area contributed by atoms with Crippen LogP contribution in [0.2, 0.25) is 0 Å². The molecule has 0 radical (unpaired) electrons. The number of nitrogens with zero attached hydrogens (tertiary/aromatic N) is 3. The lowest BCUT2D eigenvalue weighted by Gasteiger charge is -2.01. The van der Waals surface area contributed by atoms with Crippen molar-refractivity contribution in [2.45, 2.75) is 13.5 Å². The summed E-state index contributed by atoms with van der Waals surface area (Å²) in [5.74, 6) is -0.349. The number of hydrogen-bond acceptors (Lipinski definition) is 5. The minimum atomic E-state index is -3.06. The van der Waals surface area contributed by atoms with Crippen LogP contribution in [-0.2, 0) is 16.4 Å². The molecule has 0 spiro atoms. The molecule has 2 heterocycles. The van der Waals surface area contributed by atoms with Crippen LogP contribution >= 0.6 is 0 Å². The van der Waals surface area contributed by atoms with Gasteiger partial charge in [-0.2, -0.15) is 5.10 Å². The van der Waals surface area contributed by atoms with Crippen molar-refractivity contribution in [2.24, 2.45) is 0 Å². The molecule has 0 aliphatic rings. The summed E-state index contributed by atoms with van der Waals surface area (Å²) < 4.78 is 37.2. The molecule has 6 nitrogen and oxygen atoms in total. The van der Waals surface area contributed by atoms with Crippen LogP contribution in [0.5, 0.6) is 0 Å². The summed E-state index contributed by atoms with van der Waals surface area (Å²) in [6.45, 7) is 1.82. The first-order chi connectivity index (χ1) is 9.41. The van der Waals surface area contributed by atoms with Gasteiger partial charge in [0.05, 0.1) is 29.9 Å². The Morgan fingerprint density at radius 3 is 2.75 bits per heavy atom. The minimum absolute atomic E-state index is 0.000899. The lowest BCUT2D eigenvalue weighted by Crippen LogP contribution is -2.14. The smallest absolute Gasteiger partial charge is 0.151 e. The molecule has 0 unspecified atom stereocenters. The van der Waals surface area contributed by atoms with Gasteiger partial charge in [0.25, 0.3) is 0 Å². The number of halogens is 1. The van der Waals surface area contributed by atoms with Gasteiger partial charge >= 0.3 is 0 Å². The van der Waals surface area contributed by atoms with Gasteiger partial charge in [-0.05, 0) is 12.1 Å². The molecule has 0 aliphatic heterocycles. The van der Waals surface area contributed by atoms with E-state index in [0.717, 1.165) is 6.20 Å². The Morgan fingerprint density at radius 1 is 1.40 bits per heavy atom. The molecule has 0 bridgehead atoms. The van der Waals surface area contributed by atoms with Gasteiger partial charge in [0, 0.05) is 11.9 Å². The number of nitrogen functional groups attached to an aromatic ring is 1. The second-order valence-corrected chi connectivity index (χ2v) is 6.77. The largest absolute Gasteiger partial charge is 0.396 e. The lowest BCUT2D eigenvalue weighted by molar-refractivity contribution is 0.582. The fraction of sp³-hybridized carbons (Fsp3) is 0.333. The zero-order chi connectivity index (χ0) is 14.8. The van der Waals surface area contributed by atoms with Gasteiger partial charge in [0.1, 0.15) is 11.5 Å². The predicted molar refractivity (Wildman–Crippen MR) is 74.2 cm³/mol. The van der Waals surface area contributed by atoms with Gasteiger partial charge in [0.15, 0.2) is 9.84 Å². The van der Waals surface area contributed by atoms with Gasteiger partial charge in [-0.25, -0.2) is 12.8 Å². The van der Waals surface area contributed by atoms with E-state index in [1.165, 1.54) is 16.8 Å². The van der Waals surface area contributed by atoms with Crippen molar-refractivity contribution in [3.8, 4) is 11.4 Å². The number of hydrogen-bond donors (Lipinski definition) is 1. The zero-order valence-electron chi connectivity index (χ0n) is 11.0. The number of nitrogens with two attached hydrogens (primary N) is 1. The van der Waals surface area contributed by atoms with E-state index in [4.69, 9.17) is 5.73 Å². The third kappa shape index (κ3) is 3.32. The van der Waals surface area contributed by atoms with Crippen LogP contribution < -0.4 is 5.73 Å². The zero-order valence-corrected chi connectivity index (χ0v) is 11.8. The number of pyridine rings is 1. The molecule has 2 aromatic rings. The highest BCUT2D eigenvalue weighted by molar-refractivity contribution is 7.91. The van der Waals surface area contributed by atoms with Crippen LogP contribution in [0.4, 0.5) is 10.1 Å². The molecule has 8 heteroatoms. The van der Waals surface area contributed by atoms with Gasteiger partial charge in [0.2, 0.25) is 0 Å². The second-order valence-electron chi connectivity index (χ2n) is 4.29. The fourth-order valence-corrected chi connectivity index (χ4v) is 2.40. The Bertz CT molecular complexity index is 695. The average Bonchev–Trinajstić information content (AvgIpc) is 2.79. The van der Waals surface area contributed by atoms with Crippen molar-refractivity contribution in [3.05, 3.63) is 30.3 Å². The van der Waals surface area contributed by atoms with E-state index in [9.17, 15) is 12.8 Å². The van der Waals surface area contributed by atoms with Gasteiger partial charge < -0.3 is 5.73 Å². The molecule has 108 valence electrons. The van der Waals surface area contributed by atoms with E-state index in [1.54, 1.807) is 13.1 Å². The maximum Gasteiger partial charge on any atom is 0.151 e. The molecule has 0 fully saturated rings. The normalized spacial score (nSPS) is 11.7. The summed E-state index contributed by atoms with van der Waals surface area (Å²) in [4.78, 5) is 3.90. The molecule has 2 N–H and O–H groups in total. The molecular formula is C12H15FN4O2S. The molecule has 0 aliphatic carbocycles. The maximum atomic E-state index is 12.8. The third-order valence-electron chi connectivity index (χ3n) is 2.83. The van der Waals surface area contributed by atoms with Crippen LogP contribution in [0, 0.1) is 5.82 Å². The quantitative estimate of drug-likeness (QED) is 0.892. The summed E-state index contributed by atoms with van der Waals surface area (Å²) in [6.07, 6.45) is 2.63. The van der Waals surface area contributed by atoms with Crippen LogP contribution in [0.15, 0.2) is 24.5 Å². The number of aryl methyl sites for hydroxylation is 1. The first-order valence-corrected chi connectivity index (χ1v) is 7.88. The highest BCUT2D eigenvalue weighted by Gasteiger charge is 2.12. The van der Waals surface area contributed by atoms with E-state index in [2.05, 4.69) is 10.1 Å². The van der Waals surface area contributed by atoms with Crippen LogP contribution in [-0.4, -0.2) is 34.7 Å². The highest BCUT2D eigenvalue weighted by Crippen LogP contribution is 2.21. The third-order valence-corrected chi connectivity index (χ3v) is 4.52. The number of rotatable bonds is 5. The van der Waals surface area contributed by atoms with Gasteiger partial charge in [-0.1, -0.05) is 6.92 Å². The Kier molecular flexibility index (Phi) is 4.03. The molecule has 2 rings (SSSR count). The first kappa shape index (κ1) is 14.4. The van der Waals surface area contributed by atoms with E-state index in [-0.39, 0.29) is 18.1 Å². The summed E-state index contributed by atoms with van der Waals surface area (Å²) in [6, 6.07) is 2.74. The molecule has 0 saturated heterocycles. The summed E-state index contributed by atoms with van der Waals surface area (Å²) >= 11 is 0. The molecule has 0 amide bonds. The van der Waals surface area contributed by atoms with Crippen molar-refractivity contribution >= 4 is 15.5 Å². The van der Waals surface area contributed by atoms with E-state index in [0.29, 0.717) is 17.1 Å². The van der Waals surface area contributed by atoms with Crippen molar-refractivity contribution in [3.63, 3.8) is 0 Å². The molecule has 0 aromatic carbocycles. The topological polar surface area (TPSA) is 90.9 Å². The minimum Gasteiger partial charge on any atom is -0.396 e. The standard InChI is InChI=1S/C12H15FN4O2S/c1-2-20(18,19)6-5-17-8-10(14)12(16-17)11-4-3-9(13)7-15-11/h3-4,7-8H,2,5-6,14H2,1H3. The highest BCUT2D eigenvalue weighted by atomic mass is 32.2. The van der Waals surface area contributed by atoms with Crippen molar-refractivity contribution in [2.75, 3.05) is 17.2 Å². The van der Waals surface area contributed by atoms with Crippen LogP contribution in [0.1, 0.15) is 6.92 Å². The van der Waals surface area contributed by atoms with Gasteiger partial charge in [-0.15, -0.1) is 0 Å². The fourth-order valence-electron chi connectivity index (χ4n) is 1.64. The Balaban J connectivity index is 2.19. The molecule has 20 heavy (non-hydrogen) atoms. The average molecular weight is 298 g/mol. The summed E-state index contributed by atoms with van der Waals surface area (Å²) in [5.41, 5.74) is 7.05. The Labute approximate surface area is 116 Å². The van der Waals surface area contributed by atoms with E-state index >= 15 is 0 Å². The van der Waals surface area contributed by atoms with Crippen LogP contribution in [0.25, 0.3) is 11.4 Å². The van der Waals surface area contributed by atoms with Crippen molar-refractivity contribution < 1.29 is 12.8 Å². The number of anilines is 1. The molecule has 0 atom stereocenters. The number of aromatic nitrogens is 3. The van der Waals surface area contributed by atoms with Gasteiger partial charge in [-0.3, -0.25) is 9.67 Å². The Hall–Kier alpha value is -1.96. The predicted octanol–water partition coefficient (Wildman–Crippen LogP) is 1.10. The maximum absolute atomic E-state index is 12.8. The van der Waals surface area contributed by atoms with Crippen molar-refractivity contribution in [1.29, 1.82) is 0 Å². The SMILES string of the molecule is CCS(=O)(=O)CCn1cc(N)c(-c2ccc(F)cn2)n1. The summed E-state index contributed by atoms with van der Waals surface area (Å²) in [7, 11) is -3.06. The molecule has 2 aromatic heterocycles. The number of sulfone groups is 1. The second kappa shape index (κ2) is 5.58. The lowest BCUT2D eigenvalue weighted by atomic mass is 10.2. The van der Waals surface area contributed by atoms with E-state index < -0.39 is 15.7 Å². The van der Waals surface area contributed by atoms with Crippen molar-refractivity contribution in [1.82, 2.24) is 14.8 Å². The molecule has 0 saturated carbocycles. The first-order valence-electron chi connectivity index (χ1n) is 6.06. The molecular weight excluding hydrogens is 283 g/mol. The monoisotopic (exact) mass is 298 g/mol. The summed E-state index contributed by atoms with van der Waals surface area (Å²) in [5, 5.41) is 4.19.